The van der Waals surface area contributed by atoms with Gasteiger partial charge in [0, 0.05) is 12.8 Å². The standard InChI is InChI=1S/C66H123NO5/c1-3-5-7-9-11-13-15-17-36-40-44-48-52-56-60-66(71)72-61-57-53-49-45-41-37-34-32-30-28-26-24-22-20-18-19-21-23-25-27-29-31-33-35-39-43-47-51-55-59-65(70)67-63(62-68)64(69)58-54-50-46-42-38-16-14-12-10-8-6-4-2/h9,11,15,17-18,20,24,26,63-64,68-69H,3-8,10,12-14,16,19,21-23,25,27-62H2,1-2H3,(H,67,70)/b11-9-,17-15-,20-18-,26-24-. The van der Waals surface area contributed by atoms with Crippen molar-refractivity contribution in [1.82, 2.24) is 5.32 Å². The summed E-state index contributed by atoms with van der Waals surface area (Å²) in [6.45, 7) is 4.91. The molecule has 0 spiro atoms. The molecule has 0 saturated heterocycles. The minimum Gasteiger partial charge on any atom is -0.466 e. The van der Waals surface area contributed by atoms with Crippen LogP contribution < -0.4 is 5.32 Å². The number of amides is 1. The third kappa shape index (κ3) is 57.1. The third-order valence-electron chi connectivity index (χ3n) is 14.6. The predicted octanol–water partition coefficient (Wildman–Crippen LogP) is 20.1. The number of unbranched alkanes of at least 4 members (excludes halogenated alkanes) is 40. The first-order valence-corrected chi connectivity index (χ1v) is 31.9. The van der Waals surface area contributed by atoms with Crippen LogP contribution in [0.4, 0.5) is 0 Å². The normalized spacial score (nSPS) is 12.9. The first-order chi connectivity index (χ1) is 35.5. The fourth-order valence-corrected chi connectivity index (χ4v) is 9.69. The fraction of sp³-hybridized carbons (Fsp3) is 0.848. The van der Waals surface area contributed by atoms with Gasteiger partial charge in [0.05, 0.1) is 25.4 Å². The molecule has 0 rings (SSSR count). The van der Waals surface area contributed by atoms with E-state index >= 15 is 0 Å². The van der Waals surface area contributed by atoms with Gasteiger partial charge in [-0.15, -0.1) is 0 Å². The number of hydrogen-bond donors (Lipinski definition) is 3. The lowest BCUT2D eigenvalue weighted by Gasteiger charge is -2.22. The molecule has 0 heterocycles. The quantitative estimate of drug-likeness (QED) is 0.0320. The maximum Gasteiger partial charge on any atom is 0.305 e. The van der Waals surface area contributed by atoms with Gasteiger partial charge in [0.1, 0.15) is 0 Å². The van der Waals surface area contributed by atoms with Crippen molar-refractivity contribution in [1.29, 1.82) is 0 Å². The first-order valence-electron chi connectivity index (χ1n) is 31.9. The Morgan fingerprint density at radius 2 is 0.708 bits per heavy atom. The average molecular weight is 1010 g/mol. The van der Waals surface area contributed by atoms with Gasteiger partial charge in [-0.2, -0.15) is 0 Å². The van der Waals surface area contributed by atoms with Crippen LogP contribution in [0, 0.1) is 0 Å². The Labute approximate surface area is 448 Å². The maximum atomic E-state index is 12.5. The second-order valence-electron chi connectivity index (χ2n) is 21.7. The molecule has 0 saturated carbocycles. The molecule has 0 aliphatic carbocycles. The van der Waals surface area contributed by atoms with Gasteiger partial charge >= 0.3 is 5.97 Å². The second kappa shape index (κ2) is 61.4. The molecule has 0 fully saturated rings. The third-order valence-corrected chi connectivity index (χ3v) is 14.6. The molecule has 422 valence electrons. The van der Waals surface area contributed by atoms with Crippen molar-refractivity contribution in [3.05, 3.63) is 48.6 Å². The van der Waals surface area contributed by atoms with Gasteiger partial charge in [0.2, 0.25) is 5.91 Å². The van der Waals surface area contributed by atoms with E-state index in [1.165, 1.54) is 244 Å². The lowest BCUT2D eigenvalue weighted by Crippen LogP contribution is -2.45. The van der Waals surface area contributed by atoms with Crippen LogP contribution in [0.3, 0.4) is 0 Å². The number of aliphatic hydroxyl groups is 2. The van der Waals surface area contributed by atoms with Crippen LogP contribution >= 0.6 is 0 Å². The van der Waals surface area contributed by atoms with Crippen molar-refractivity contribution in [3.8, 4) is 0 Å². The molecule has 72 heavy (non-hydrogen) atoms. The molecule has 0 aliphatic heterocycles. The molecule has 6 heteroatoms. The highest BCUT2D eigenvalue weighted by Crippen LogP contribution is 2.17. The van der Waals surface area contributed by atoms with E-state index in [1.807, 2.05) is 0 Å². The highest BCUT2D eigenvalue weighted by Gasteiger charge is 2.20. The summed E-state index contributed by atoms with van der Waals surface area (Å²) in [6.07, 6.45) is 78.5. The van der Waals surface area contributed by atoms with Gasteiger partial charge in [-0.1, -0.05) is 287 Å². The zero-order chi connectivity index (χ0) is 52.2. The van der Waals surface area contributed by atoms with E-state index in [-0.39, 0.29) is 18.5 Å². The topological polar surface area (TPSA) is 95.9 Å². The van der Waals surface area contributed by atoms with E-state index in [4.69, 9.17) is 4.74 Å². The molecule has 0 bridgehead atoms. The minimum atomic E-state index is -0.664. The lowest BCUT2D eigenvalue weighted by atomic mass is 10.0. The Morgan fingerprint density at radius 3 is 1.10 bits per heavy atom. The Balaban J connectivity index is 3.40. The molecule has 3 N–H and O–H groups in total. The van der Waals surface area contributed by atoms with Gasteiger partial charge in [0.25, 0.3) is 0 Å². The summed E-state index contributed by atoms with van der Waals surface area (Å²) in [5, 5.41) is 23.2. The van der Waals surface area contributed by atoms with Gasteiger partial charge in [-0.25, -0.2) is 0 Å². The van der Waals surface area contributed by atoms with Gasteiger partial charge in [-0.05, 0) is 83.5 Å². The van der Waals surface area contributed by atoms with Crippen LogP contribution in [0.2, 0.25) is 0 Å². The fourth-order valence-electron chi connectivity index (χ4n) is 9.69. The molecule has 2 atom stereocenters. The highest BCUT2D eigenvalue weighted by molar-refractivity contribution is 5.76. The van der Waals surface area contributed by atoms with E-state index in [1.54, 1.807) is 0 Å². The summed E-state index contributed by atoms with van der Waals surface area (Å²) < 4.78 is 5.47. The second-order valence-corrected chi connectivity index (χ2v) is 21.7. The Kier molecular flexibility index (Phi) is 59.5. The zero-order valence-corrected chi connectivity index (χ0v) is 48.2. The van der Waals surface area contributed by atoms with E-state index in [0.717, 1.165) is 57.8 Å². The smallest absolute Gasteiger partial charge is 0.305 e. The van der Waals surface area contributed by atoms with Crippen LogP contribution in [0.15, 0.2) is 48.6 Å². The molecule has 0 radical (unpaired) electrons. The number of carbonyl (C=O) groups excluding carboxylic acids is 2. The van der Waals surface area contributed by atoms with E-state index in [2.05, 4.69) is 67.8 Å². The Morgan fingerprint density at radius 1 is 0.389 bits per heavy atom. The van der Waals surface area contributed by atoms with Crippen LogP contribution in [0.1, 0.15) is 335 Å². The minimum absolute atomic E-state index is 0.00296. The summed E-state index contributed by atoms with van der Waals surface area (Å²) in [6, 6.07) is -0.542. The number of hydrogen-bond acceptors (Lipinski definition) is 5. The molecule has 0 aromatic rings. The number of allylic oxidation sites excluding steroid dienone is 8. The largest absolute Gasteiger partial charge is 0.466 e. The number of nitrogens with one attached hydrogen (secondary N) is 1. The number of esters is 1. The Hall–Kier alpha value is -2.18. The maximum absolute atomic E-state index is 12.5. The van der Waals surface area contributed by atoms with Gasteiger partial charge < -0.3 is 20.3 Å². The van der Waals surface area contributed by atoms with E-state index in [0.29, 0.717) is 25.9 Å². The summed E-state index contributed by atoms with van der Waals surface area (Å²) in [7, 11) is 0. The molecular weight excluding hydrogens is 887 g/mol. The molecule has 0 aromatic carbocycles. The first kappa shape index (κ1) is 69.8. The average Bonchev–Trinajstić information content (AvgIpc) is 3.38. The summed E-state index contributed by atoms with van der Waals surface area (Å²) in [5.74, 6) is -0.0390. The van der Waals surface area contributed by atoms with Crippen molar-refractivity contribution in [2.45, 2.75) is 347 Å². The number of aliphatic hydroxyl groups excluding tert-OH is 2. The van der Waals surface area contributed by atoms with Crippen LogP contribution in [-0.4, -0.2) is 47.4 Å². The molecule has 2 unspecified atom stereocenters. The summed E-state index contributed by atoms with van der Waals surface area (Å²) in [4.78, 5) is 24.5. The molecule has 6 nitrogen and oxygen atoms in total. The van der Waals surface area contributed by atoms with Crippen LogP contribution in [0.5, 0.6) is 0 Å². The van der Waals surface area contributed by atoms with Crippen LogP contribution in [0.25, 0.3) is 0 Å². The monoisotopic (exact) mass is 1010 g/mol. The molecule has 0 aromatic heterocycles. The molecule has 1 amide bonds. The zero-order valence-electron chi connectivity index (χ0n) is 48.2. The van der Waals surface area contributed by atoms with Crippen molar-refractivity contribution in [2.24, 2.45) is 0 Å². The highest BCUT2D eigenvalue weighted by atomic mass is 16.5. The van der Waals surface area contributed by atoms with Crippen molar-refractivity contribution < 1.29 is 24.5 Å². The van der Waals surface area contributed by atoms with Crippen molar-refractivity contribution >= 4 is 11.9 Å². The van der Waals surface area contributed by atoms with E-state index < -0.39 is 12.1 Å². The number of carbonyl (C=O) groups is 2. The summed E-state index contributed by atoms with van der Waals surface area (Å²) >= 11 is 0. The van der Waals surface area contributed by atoms with Gasteiger partial charge in [-0.3, -0.25) is 9.59 Å². The SMILES string of the molecule is CCCC/C=C\C/C=C\CCCCCCCC(=O)OCCCCCCCCCCC/C=C\C/C=C\CCCCCCCCCCCCCCCC(=O)NC(CO)C(O)CCCCCCCCCCCCCC. The summed E-state index contributed by atoms with van der Waals surface area (Å²) in [5.41, 5.74) is 0. The molecular formula is C66H123NO5. The van der Waals surface area contributed by atoms with Crippen molar-refractivity contribution in [2.75, 3.05) is 13.2 Å². The number of ether oxygens (including phenoxy) is 1. The predicted molar refractivity (Wildman–Crippen MR) is 315 cm³/mol. The lowest BCUT2D eigenvalue weighted by molar-refractivity contribution is -0.143. The Bertz CT molecular complexity index is 1210. The van der Waals surface area contributed by atoms with E-state index in [9.17, 15) is 19.8 Å². The van der Waals surface area contributed by atoms with Gasteiger partial charge in [0.15, 0.2) is 0 Å². The van der Waals surface area contributed by atoms with Crippen LogP contribution in [-0.2, 0) is 14.3 Å². The number of rotatable bonds is 59. The van der Waals surface area contributed by atoms with Crippen molar-refractivity contribution in [3.63, 3.8) is 0 Å². The molecule has 0 aliphatic rings.